The second-order valence-electron chi connectivity index (χ2n) is 4.01. The van der Waals surface area contributed by atoms with E-state index in [0.717, 1.165) is 5.56 Å². The number of halogens is 2. The predicted molar refractivity (Wildman–Crippen MR) is 80.0 cm³/mol. The Morgan fingerprint density at radius 3 is 2.84 bits per heavy atom. The number of ether oxygens (including phenoxy) is 1. The minimum absolute atomic E-state index is 0. The van der Waals surface area contributed by atoms with Crippen LogP contribution >= 0.6 is 24.0 Å². The van der Waals surface area contributed by atoms with Crippen LogP contribution in [0.15, 0.2) is 24.3 Å². The van der Waals surface area contributed by atoms with E-state index in [2.05, 4.69) is 10.6 Å². The second-order valence-corrected chi connectivity index (χ2v) is 4.45. The van der Waals surface area contributed by atoms with Gasteiger partial charge in [-0.1, -0.05) is 23.7 Å². The van der Waals surface area contributed by atoms with Gasteiger partial charge in [-0.2, -0.15) is 0 Å². The number of rotatable bonds is 7. The fraction of sp³-hybridized carbons (Fsp3) is 0.462. The Morgan fingerprint density at radius 2 is 2.21 bits per heavy atom. The third kappa shape index (κ3) is 7.38. The summed E-state index contributed by atoms with van der Waals surface area (Å²) in [6, 6.07) is 7.42. The molecular formula is C13H20Cl2N2O2. The first-order chi connectivity index (χ1) is 8.63. The molecule has 0 aliphatic carbocycles. The van der Waals surface area contributed by atoms with E-state index in [1.807, 2.05) is 31.2 Å². The molecule has 0 saturated carbocycles. The van der Waals surface area contributed by atoms with Gasteiger partial charge in [-0.15, -0.1) is 12.4 Å². The number of carbonyl (C=O) groups is 1. The third-order valence-corrected chi connectivity index (χ3v) is 2.73. The van der Waals surface area contributed by atoms with Crippen molar-refractivity contribution in [3.05, 3.63) is 34.9 Å². The van der Waals surface area contributed by atoms with Crippen LogP contribution in [0.4, 0.5) is 0 Å². The third-order valence-electron chi connectivity index (χ3n) is 2.49. The highest BCUT2D eigenvalue weighted by molar-refractivity contribution is 6.30. The lowest BCUT2D eigenvalue weighted by Gasteiger charge is -2.14. The number of nitrogens with one attached hydrogen (secondary N) is 2. The van der Waals surface area contributed by atoms with Crippen LogP contribution in [0.2, 0.25) is 5.02 Å². The van der Waals surface area contributed by atoms with E-state index in [1.54, 1.807) is 7.11 Å². The molecule has 0 heterocycles. The Hall–Kier alpha value is -0.810. The maximum absolute atomic E-state index is 11.6. The fourth-order valence-electron chi connectivity index (χ4n) is 1.53. The van der Waals surface area contributed by atoms with E-state index in [4.69, 9.17) is 16.3 Å². The number of hydrogen-bond acceptors (Lipinski definition) is 3. The fourth-order valence-corrected chi connectivity index (χ4v) is 1.73. The topological polar surface area (TPSA) is 50.4 Å². The van der Waals surface area contributed by atoms with Gasteiger partial charge in [-0.05, 0) is 24.6 Å². The Labute approximate surface area is 125 Å². The Kier molecular flexibility index (Phi) is 9.61. The summed E-state index contributed by atoms with van der Waals surface area (Å²) >= 11 is 5.90. The molecule has 6 heteroatoms. The Morgan fingerprint density at radius 1 is 1.47 bits per heavy atom. The predicted octanol–water partition coefficient (Wildman–Crippen LogP) is 2.18. The lowest BCUT2D eigenvalue weighted by atomic mass is 10.1. The molecule has 0 saturated heterocycles. The van der Waals surface area contributed by atoms with Crippen molar-refractivity contribution in [3.8, 4) is 0 Å². The van der Waals surface area contributed by atoms with Crippen molar-refractivity contribution < 1.29 is 9.53 Å². The minimum Gasteiger partial charge on any atom is -0.383 e. The summed E-state index contributed by atoms with van der Waals surface area (Å²) in [6.45, 7) is 3.47. The van der Waals surface area contributed by atoms with Gasteiger partial charge in [-0.3, -0.25) is 4.79 Å². The van der Waals surface area contributed by atoms with Crippen molar-refractivity contribution in [2.75, 3.05) is 26.8 Å². The average molecular weight is 307 g/mol. The number of benzene rings is 1. The first kappa shape index (κ1) is 18.2. The summed E-state index contributed by atoms with van der Waals surface area (Å²) in [6.07, 6.45) is 0. The molecule has 19 heavy (non-hydrogen) atoms. The smallest absolute Gasteiger partial charge is 0.234 e. The van der Waals surface area contributed by atoms with Crippen LogP contribution in [0.1, 0.15) is 18.5 Å². The molecule has 1 amide bonds. The van der Waals surface area contributed by atoms with E-state index in [-0.39, 0.29) is 30.9 Å². The monoisotopic (exact) mass is 306 g/mol. The van der Waals surface area contributed by atoms with E-state index in [9.17, 15) is 4.79 Å². The summed E-state index contributed by atoms with van der Waals surface area (Å²) in [4.78, 5) is 11.6. The van der Waals surface area contributed by atoms with Gasteiger partial charge in [0.2, 0.25) is 5.91 Å². The van der Waals surface area contributed by atoms with Crippen molar-refractivity contribution in [2.24, 2.45) is 0 Å². The van der Waals surface area contributed by atoms with Crippen LogP contribution in [0.5, 0.6) is 0 Å². The zero-order chi connectivity index (χ0) is 13.4. The van der Waals surface area contributed by atoms with Gasteiger partial charge in [0, 0.05) is 18.7 Å². The molecule has 0 spiro atoms. The minimum atomic E-state index is -0.0552. The molecule has 0 aliphatic heterocycles. The van der Waals surface area contributed by atoms with Crippen molar-refractivity contribution in [2.45, 2.75) is 13.0 Å². The van der Waals surface area contributed by atoms with Crippen LogP contribution in [0.25, 0.3) is 0 Å². The SMILES string of the molecule is COCCNCC(=O)NC(C)c1cccc(Cl)c1.Cl. The Balaban J connectivity index is 0.00000324. The van der Waals surface area contributed by atoms with Crippen molar-refractivity contribution in [1.82, 2.24) is 10.6 Å². The molecule has 1 rings (SSSR count). The lowest BCUT2D eigenvalue weighted by molar-refractivity contribution is -0.120. The summed E-state index contributed by atoms with van der Waals surface area (Å²) in [5.74, 6) is -0.0430. The molecule has 0 bridgehead atoms. The van der Waals surface area contributed by atoms with E-state index in [0.29, 0.717) is 18.2 Å². The van der Waals surface area contributed by atoms with Crippen LogP contribution in [-0.4, -0.2) is 32.7 Å². The normalized spacial score (nSPS) is 11.5. The summed E-state index contributed by atoms with van der Waals surface area (Å²) in [5, 5.41) is 6.56. The van der Waals surface area contributed by atoms with E-state index >= 15 is 0 Å². The van der Waals surface area contributed by atoms with E-state index in [1.165, 1.54) is 0 Å². The lowest BCUT2D eigenvalue weighted by Crippen LogP contribution is -2.36. The number of methoxy groups -OCH3 is 1. The quantitative estimate of drug-likeness (QED) is 0.759. The van der Waals surface area contributed by atoms with Gasteiger partial charge in [0.25, 0.3) is 0 Å². The molecule has 1 unspecified atom stereocenters. The highest BCUT2D eigenvalue weighted by atomic mass is 35.5. The molecule has 108 valence electrons. The summed E-state index contributed by atoms with van der Waals surface area (Å²) in [7, 11) is 1.63. The molecule has 2 N–H and O–H groups in total. The molecule has 1 atom stereocenters. The molecule has 4 nitrogen and oxygen atoms in total. The van der Waals surface area contributed by atoms with Crippen molar-refractivity contribution in [3.63, 3.8) is 0 Å². The van der Waals surface area contributed by atoms with Crippen LogP contribution < -0.4 is 10.6 Å². The van der Waals surface area contributed by atoms with E-state index < -0.39 is 0 Å². The summed E-state index contributed by atoms with van der Waals surface area (Å²) in [5.41, 5.74) is 0.993. The van der Waals surface area contributed by atoms with Gasteiger partial charge in [0.1, 0.15) is 0 Å². The van der Waals surface area contributed by atoms with Gasteiger partial charge >= 0.3 is 0 Å². The molecule has 0 radical (unpaired) electrons. The van der Waals surface area contributed by atoms with Crippen molar-refractivity contribution >= 4 is 29.9 Å². The number of hydrogen-bond donors (Lipinski definition) is 2. The largest absolute Gasteiger partial charge is 0.383 e. The first-order valence-electron chi connectivity index (χ1n) is 5.88. The van der Waals surface area contributed by atoms with Gasteiger partial charge in [-0.25, -0.2) is 0 Å². The molecule has 0 aliphatic rings. The number of amides is 1. The van der Waals surface area contributed by atoms with Gasteiger partial charge in [0.05, 0.1) is 19.2 Å². The molecular weight excluding hydrogens is 287 g/mol. The standard InChI is InChI=1S/C13H19ClN2O2.ClH/c1-10(11-4-3-5-12(14)8-11)16-13(17)9-15-6-7-18-2;/h3-5,8,10,15H,6-7,9H2,1-2H3,(H,16,17);1H. The second kappa shape index (κ2) is 10.0. The van der Waals surface area contributed by atoms with Crippen molar-refractivity contribution in [1.29, 1.82) is 0 Å². The zero-order valence-electron chi connectivity index (χ0n) is 11.1. The molecule has 0 fully saturated rings. The van der Waals surface area contributed by atoms with Crippen LogP contribution in [0.3, 0.4) is 0 Å². The van der Waals surface area contributed by atoms with Crippen LogP contribution in [0, 0.1) is 0 Å². The maximum Gasteiger partial charge on any atom is 0.234 e. The zero-order valence-corrected chi connectivity index (χ0v) is 12.7. The Bertz CT molecular complexity index is 389. The average Bonchev–Trinajstić information content (AvgIpc) is 2.34. The van der Waals surface area contributed by atoms with Gasteiger partial charge < -0.3 is 15.4 Å². The number of carbonyl (C=O) groups excluding carboxylic acids is 1. The summed E-state index contributed by atoms with van der Waals surface area (Å²) < 4.78 is 4.88. The highest BCUT2D eigenvalue weighted by Gasteiger charge is 2.09. The highest BCUT2D eigenvalue weighted by Crippen LogP contribution is 2.16. The first-order valence-corrected chi connectivity index (χ1v) is 6.25. The van der Waals surface area contributed by atoms with Gasteiger partial charge in [0.15, 0.2) is 0 Å². The molecule has 1 aromatic carbocycles. The molecule has 1 aromatic rings. The molecule has 0 aromatic heterocycles. The maximum atomic E-state index is 11.6. The van der Waals surface area contributed by atoms with Crippen LogP contribution in [-0.2, 0) is 9.53 Å².